The topological polar surface area (TPSA) is 42.7 Å². The van der Waals surface area contributed by atoms with Crippen molar-refractivity contribution in [1.82, 2.24) is 14.8 Å². The van der Waals surface area contributed by atoms with Gasteiger partial charge in [0.05, 0.1) is 0 Å². The van der Waals surface area contributed by atoms with Crippen molar-refractivity contribution >= 4 is 39.3 Å². The number of nitrogens with zero attached hydrogens (tertiary/aromatic N) is 3. The van der Waals surface area contributed by atoms with Gasteiger partial charge in [-0.2, -0.15) is 0 Å². The molecule has 0 saturated carbocycles. The Morgan fingerprint density at radius 3 is 2.82 bits per heavy atom. The molecule has 3 rings (SSSR count). The van der Waals surface area contributed by atoms with Crippen LogP contribution in [0.25, 0.3) is 10.9 Å². The lowest BCUT2D eigenvalue weighted by atomic mass is 10.1. The average Bonchev–Trinajstić information content (AvgIpc) is 2.88. The van der Waals surface area contributed by atoms with E-state index in [0.717, 1.165) is 29.0 Å². The lowest BCUT2D eigenvalue weighted by Gasteiger charge is -2.04. The van der Waals surface area contributed by atoms with Gasteiger partial charge in [-0.15, -0.1) is 16.8 Å². The number of fused-ring (bicyclic) bond motifs is 1. The number of hydrogen-bond acceptors (Lipinski definition) is 3. The number of rotatable bonds is 6. The molecule has 112 valence electrons. The Balaban J connectivity index is 1.73. The summed E-state index contributed by atoms with van der Waals surface area (Å²) >= 11 is 2.15. The maximum Gasteiger partial charge on any atom is 0.148 e. The van der Waals surface area contributed by atoms with Gasteiger partial charge in [-0.05, 0) is 52.8 Å². The van der Waals surface area contributed by atoms with Gasteiger partial charge in [-0.3, -0.25) is 0 Å². The van der Waals surface area contributed by atoms with Crippen LogP contribution in [0.5, 0.6) is 0 Å². The maximum atomic E-state index is 4.12. The summed E-state index contributed by atoms with van der Waals surface area (Å²) in [6.45, 7) is 5.49. The minimum Gasteiger partial charge on any atom is -0.368 e. The molecule has 0 atom stereocenters. The fourth-order valence-electron chi connectivity index (χ4n) is 2.55. The lowest BCUT2D eigenvalue weighted by molar-refractivity contribution is 0.854. The van der Waals surface area contributed by atoms with Crippen molar-refractivity contribution in [2.75, 3.05) is 11.9 Å². The first-order valence-corrected chi connectivity index (χ1v) is 8.26. The Kier molecular flexibility index (Phi) is 4.72. The Hall–Kier alpha value is -1.89. The summed E-state index contributed by atoms with van der Waals surface area (Å²) in [5.41, 5.74) is 2.59. The zero-order valence-corrected chi connectivity index (χ0v) is 14.3. The third-order valence-electron chi connectivity index (χ3n) is 3.53. The predicted octanol–water partition coefficient (Wildman–Crippen LogP) is 3.88. The molecule has 1 aromatic carbocycles. The molecule has 0 aliphatic carbocycles. The second kappa shape index (κ2) is 6.91. The highest BCUT2D eigenvalue weighted by atomic mass is 127. The third kappa shape index (κ3) is 3.30. The molecule has 22 heavy (non-hydrogen) atoms. The smallest absolute Gasteiger partial charge is 0.148 e. The molecule has 2 heterocycles. The average molecular weight is 404 g/mol. The predicted molar refractivity (Wildman–Crippen MR) is 99.1 cm³/mol. The van der Waals surface area contributed by atoms with E-state index in [1.165, 1.54) is 16.5 Å². The van der Waals surface area contributed by atoms with Gasteiger partial charge in [0, 0.05) is 30.2 Å². The monoisotopic (exact) mass is 404 g/mol. The first-order chi connectivity index (χ1) is 10.8. The van der Waals surface area contributed by atoms with Crippen LogP contribution in [0.15, 0.2) is 55.3 Å². The minimum atomic E-state index is 0.815. The molecular formula is C17H17IN4. The van der Waals surface area contributed by atoms with Crippen LogP contribution >= 0.6 is 22.6 Å². The fourth-order valence-corrected chi connectivity index (χ4v) is 2.84. The molecule has 0 aliphatic heterocycles. The van der Waals surface area contributed by atoms with E-state index in [9.17, 15) is 0 Å². The van der Waals surface area contributed by atoms with Gasteiger partial charge in [0.25, 0.3) is 0 Å². The molecule has 0 saturated heterocycles. The van der Waals surface area contributed by atoms with Crippen LogP contribution in [0.2, 0.25) is 0 Å². The van der Waals surface area contributed by atoms with Crippen LogP contribution in [0, 0.1) is 3.70 Å². The van der Waals surface area contributed by atoms with E-state index >= 15 is 0 Å². The van der Waals surface area contributed by atoms with E-state index < -0.39 is 0 Å². The first-order valence-electron chi connectivity index (χ1n) is 7.18. The number of nitrogens with one attached hydrogen (secondary N) is 1. The van der Waals surface area contributed by atoms with Crippen LogP contribution < -0.4 is 5.32 Å². The van der Waals surface area contributed by atoms with Crippen molar-refractivity contribution in [3.8, 4) is 0 Å². The highest BCUT2D eigenvalue weighted by Gasteiger charge is 2.07. The van der Waals surface area contributed by atoms with E-state index in [1.807, 2.05) is 18.2 Å². The molecule has 0 bridgehead atoms. The summed E-state index contributed by atoms with van der Waals surface area (Å²) in [7, 11) is 0. The Labute approximate surface area is 143 Å². The van der Waals surface area contributed by atoms with Crippen molar-refractivity contribution in [2.24, 2.45) is 0 Å². The van der Waals surface area contributed by atoms with Crippen LogP contribution in [0.1, 0.15) is 5.56 Å². The van der Waals surface area contributed by atoms with E-state index in [1.54, 1.807) is 0 Å². The third-order valence-corrected chi connectivity index (χ3v) is 4.10. The Bertz CT molecular complexity index is 777. The molecule has 4 nitrogen and oxygen atoms in total. The summed E-state index contributed by atoms with van der Waals surface area (Å²) < 4.78 is 3.14. The number of hydrogen-bond donors (Lipinski definition) is 1. The zero-order valence-electron chi connectivity index (χ0n) is 12.2. The van der Waals surface area contributed by atoms with E-state index in [2.05, 4.69) is 79.7 Å². The van der Waals surface area contributed by atoms with Gasteiger partial charge in [0.1, 0.15) is 9.52 Å². The standard InChI is InChI=1S/C17H17IN4/c1-2-11-22-12-13(14-5-3-4-6-15(14)22)9-10-19-17-8-7-16(18)20-21-17/h2-8,12H,1,9-11H2,(H,19,21). The number of allylic oxidation sites excluding steroid dienone is 1. The maximum absolute atomic E-state index is 4.12. The van der Waals surface area contributed by atoms with Crippen molar-refractivity contribution < 1.29 is 0 Å². The highest BCUT2D eigenvalue weighted by molar-refractivity contribution is 14.1. The number of benzene rings is 1. The van der Waals surface area contributed by atoms with Crippen LogP contribution in [0.4, 0.5) is 5.82 Å². The normalized spacial score (nSPS) is 10.8. The molecular weight excluding hydrogens is 387 g/mol. The number of para-hydroxylation sites is 1. The van der Waals surface area contributed by atoms with Crippen molar-refractivity contribution in [1.29, 1.82) is 0 Å². The summed E-state index contributed by atoms with van der Waals surface area (Å²) in [5.74, 6) is 0.815. The summed E-state index contributed by atoms with van der Waals surface area (Å²) in [6.07, 6.45) is 5.08. The molecule has 0 aliphatic rings. The van der Waals surface area contributed by atoms with Gasteiger partial charge in [0.2, 0.25) is 0 Å². The van der Waals surface area contributed by atoms with Crippen LogP contribution in [0.3, 0.4) is 0 Å². The van der Waals surface area contributed by atoms with Crippen LogP contribution in [-0.2, 0) is 13.0 Å². The first kappa shape index (κ1) is 15.0. The molecule has 0 spiro atoms. The largest absolute Gasteiger partial charge is 0.368 e. The zero-order chi connectivity index (χ0) is 15.4. The van der Waals surface area contributed by atoms with E-state index in [4.69, 9.17) is 0 Å². The SMILES string of the molecule is C=CCn1cc(CCNc2ccc(I)nn2)c2ccccc21. The molecule has 0 unspecified atom stereocenters. The van der Waals surface area contributed by atoms with E-state index in [0.29, 0.717) is 0 Å². The van der Waals surface area contributed by atoms with Crippen molar-refractivity contribution in [3.05, 3.63) is 64.5 Å². The number of aromatic nitrogens is 3. The molecule has 1 N–H and O–H groups in total. The highest BCUT2D eigenvalue weighted by Crippen LogP contribution is 2.22. The number of anilines is 1. The van der Waals surface area contributed by atoms with Gasteiger partial charge in [0.15, 0.2) is 0 Å². The van der Waals surface area contributed by atoms with E-state index in [-0.39, 0.29) is 0 Å². The summed E-state index contributed by atoms with van der Waals surface area (Å²) in [6, 6.07) is 12.4. The molecule has 2 aromatic heterocycles. The van der Waals surface area contributed by atoms with Gasteiger partial charge in [-0.1, -0.05) is 24.3 Å². The fraction of sp³-hybridized carbons (Fsp3) is 0.176. The van der Waals surface area contributed by atoms with Gasteiger partial charge < -0.3 is 9.88 Å². The second-order valence-corrected chi connectivity index (χ2v) is 6.14. The number of halogens is 1. The van der Waals surface area contributed by atoms with Crippen molar-refractivity contribution in [3.63, 3.8) is 0 Å². The second-order valence-electron chi connectivity index (χ2n) is 5.03. The quantitative estimate of drug-likeness (QED) is 0.501. The molecule has 0 radical (unpaired) electrons. The molecule has 0 fully saturated rings. The molecule has 5 heteroatoms. The van der Waals surface area contributed by atoms with Gasteiger partial charge >= 0.3 is 0 Å². The summed E-state index contributed by atoms with van der Waals surface area (Å²) in [5, 5.41) is 12.8. The Morgan fingerprint density at radius 2 is 2.05 bits per heavy atom. The lowest BCUT2D eigenvalue weighted by Crippen LogP contribution is -2.07. The van der Waals surface area contributed by atoms with Gasteiger partial charge in [-0.25, -0.2) is 0 Å². The minimum absolute atomic E-state index is 0.815. The Morgan fingerprint density at radius 1 is 1.18 bits per heavy atom. The molecule has 3 aromatic rings. The van der Waals surface area contributed by atoms with Crippen LogP contribution in [-0.4, -0.2) is 21.3 Å². The molecule has 0 amide bonds. The summed E-state index contributed by atoms with van der Waals surface area (Å²) in [4.78, 5) is 0. The van der Waals surface area contributed by atoms with Crippen molar-refractivity contribution in [2.45, 2.75) is 13.0 Å².